The van der Waals surface area contributed by atoms with Gasteiger partial charge >= 0.3 is 10.1 Å². The molecule has 37 heavy (non-hydrogen) atoms. The number of hydrogen-bond acceptors (Lipinski definition) is 7. The first-order valence-electron chi connectivity index (χ1n) is 11.0. The van der Waals surface area contributed by atoms with E-state index < -0.39 is 10.1 Å². The molecule has 1 heterocycles. The maximum absolute atomic E-state index is 13.0. The number of thioether (sulfide) groups is 1. The molecule has 0 aliphatic carbocycles. The number of rotatable bonds is 8. The number of ether oxygens (including phenoxy) is 1. The molecule has 7 nitrogen and oxygen atoms in total. The highest BCUT2D eigenvalue weighted by atomic mass is 127. The molecule has 192 valence electrons. The molecule has 0 N–H and O–H groups in total. The summed E-state index contributed by atoms with van der Waals surface area (Å²) in [5.41, 5.74) is 2.36. The van der Waals surface area contributed by atoms with Crippen molar-refractivity contribution < 1.29 is 26.9 Å². The molecule has 2 amide bonds. The van der Waals surface area contributed by atoms with Crippen molar-refractivity contribution in [3.8, 4) is 11.5 Å². The molecule has 0 saturated carbocycles. The van der Waals surface area contributed by atoms with Gasteiger partial charge in [0.15, 0.2) is 11.5 Å². The lowest BCUT2D eigenvalue weighted by Gasteiger charge is -2.15. The van der Waals surface area contributed by atoms with Crippen LogP contribution in [0.4, 0.5) is 4.79 Å². The third-order valence-electron chi connectivity index (χ3n) is 5.26. The minimum atomic E-state index is -4.09. The second-order valence-electron chi connectivity index (χ2n) is 8.01. The van der Waals surface area contributed by atoms with Crippen LogP contribution in [0.5, 0.6) is 11.5 Å². The lowest BCUT2D eigenvalue weighted by Crippen LogP contribution is -2.27. The number of imide groups is 1. The van der Waals surface area contributed by atoms with Crippen LogP contribution in [0.2, 0.25) is 0 Å². The van der Waals surface area contributed by atoms with Crippen molar-refractivity contribution in [2.24, 2.45) is 0 Å². The van der Waals surface area contributed by atoms with Crippen molar-refractivity contribution in [1.29, 1.82) is 0 Å². The van der Waals surface area contributed by atoms with Crippen molar-refractivity contribution in [2.45, 2.75) is 25.3 Å². The Hall–Kier alpha value is -2.10. The Morgan fingerprint density at radius 1 is 1.00 bits per heavy atom. The van der Waals surface area contributed by atoms with E-state index in [1.54, 1.807) is 37.3 Å². The largest absolute Gasteiger partial charge is 0.490 e. The summed E-state index contributed by atoms with van der Waals surface area (Å²) >= 11 is 5.02. The molecule has 0 unspecified atom stereocenters. The summed E-state index contributed by atoms with van der Waals surface area (Å²) in [5.74, 6) is -0.106. The van der Waals surface area contributed by atoms with Gasteiger partial charge in [-0.3, -0.25) is 14.5 Å². The van der Waals surface area contributed by atoms with Crippen molar-refractivity contribution in [2.75, 3.05) is 6.61 Å². The first-order valence-corrected chi connectivity index (χ1v) is 15.4. The van der Waals surface area contributed by atoms with Gasteiger partial charge in [0.25, 0.3) is 11.1 Å². The van der Waals surface area contributed by atoms with E-state index in [4.69, 9.17) is 8.92 Å². The van der Waals surface area contributed by atoms with E-state index in [0.717, 1.165) is 26.5 Å². The Bertz CT molecular complexity index is 1490. The topological polar surface area (TPSA) is 90.0 Å². The lowest BCUT2D eigenvalue weighted by atomic mass is 10.1. The van der Waals surface area contributed by atoms with Gasteiger partial charge in [0.05, 0.1) is 21.6 Å². The van der Waals surface area contributed by atoms with Crippen LogP contribution in [0.1, 0.15) is 23.6 Å². The predicted molar refractivity (Wildman–Crippen MR) is 160 cm³/mol. The Balaban J connectivity index is 1.61. The number of aryl methyl sites for hydroxylation is 1. The Labute approximate surface area is 247 Å². The first kappa shape index (κ1) is 27.9. The zero-order chi connectivity index (χ0) is 26.7. The Morgan fingerprint density at radius 3 is 2.32 bits per heavy atom. The molecule has 1 saturated heterocycles. The highest BCUT2D eigenvalue weighted by Crippen LogP contribution is 2.39. The van der Waals surface area contributed by atoms with Crippen molar-refractivity contribution >= 4 is 84.3 Å². The van der Waals surface area contributed by atoms with Gasteiger partial charge in [-0.05, 0) is 124 Å². The van der Waals surface area contributed by atoms with Gasteiger partial charge in [-0.15, -0.1) is 0 Å². The fourth-order valence-corrected chi connectivity index (χ4v) is 6.48. The second kappa shape index (κ2) is 11.7. The smallest absolute Gasteiger partial charge is 0.339 e. The van der Waals surface area contributed by atoms with Crippen LogP contribution in [0.15, 0.2) is 70.5 Å². The Morgan fingerprint density at radius 2 is 1.68 bits per heavy atom. The molecule has 3 aromatic carbocycles. The van der Waals surface area contributed by atoms with Gasteiger partial charge in [0.1, 0.15) is 4.90 Å². The summed E-state index contributed by atoms with van der Waals surface area (Å²) in [5, 5.41) is -0.348. The average Bonchev–Trinajstić information content (AvgIpc) is 3.10. The van der Waals surface area contributed by atoms with E-state index >= 15 is 0 Å². The molecular formula is C26H21I2NO6S2. The molecule has 1 aliphatic heterocycles. The summed E-state index contributed by atoms with van der Waals surface area (Å²) in [6.07, 6.45) is 1.60. The van der Waals surface area contributed by atoms with Gasteiger partial charge in [-0.2, -0.15) is 8.42 Å². The summed E-state index contributed by atoms with van der Waals surface area (Å²) < 4.78 is 38.5. The maximum Gasteiger partial charge on any atom is 0.339 e. The molecule has 11 heteroatoms. The molecule has 0 aromatic heterocycles. The quantitative estimate of drug-likeness (QED) is 0.145. The van der Waals surface area contributed by atoms with Gasteiger partial charge in [0.2, 0.25) is 0 Å². The third-order valence-corrected chi connectivity index (χ3v) is 8.92. The monoisotopic (exact) mass is 761 g/mol. The normalized spacial score (nSPS) is 14.9. The molecule has 4 rings (SSSR count). The zero-order valence-corrected chi connectivity index (χ0v) is 25.7. The second-order valence-corrected chi connectivity index (χ2v) is 13.0. The van der Waals surface area contributed by atoms with E-state index in [1.165, 1.54) is 17.0 Å². The minimum absolute atomic E-state index is 0.0298. The van der Waals surface area contributed by atoms with E-state index in [-0.39, 0.29) is 45.6 Å². The number of carbonyl (C=O) groups is 2. The number of halogens is 2. The SMILES string of the molecule is CCOc1cc(/C=C2\SC(=O)N(Cc3ccc(I)cc3)C2=O)cc(I)c1OS(=O)(=O)c1ccc(C)cc1. The number of benzene rings is 3. The Kier molecular flexibility index (Phi) is 8.86. The van der Waals surface area contributed by atoms with Crippen LogP contribution in [-0.4, -0.2) is 31.1 Å². The van der Waals surface area contributed by atoms with E-state index in [1.807, 2.05) is 53.8 Å². The van der Waals surface area contributed by atoms with Gasteiger partial charge in [0, 0.05) is 3.57 Å². The van der Waals surface area contributed by atoms with Gasteiger partial charge in [-0.1, -0.05) is 29.8 Å². The molecule has 1 aliphatic rings. The van der Waals surface area contributed by atoms with Gasteiger partial charge in [-0.25, -0.2) is 0 Å². The van der Waals surface area contributed by atoms with Crippen LogP contribution in [0, 0.1) is 14.1 Å². The summed E-state index contributed by atoms with van der Waals surface area (Å²) in [6.45, 7) is 4.09. The summed E-state index contributed by atoms with van der Waals surface area (Å²) in [7, 11) is -4.09. The summed E-state index contributed by atoms with van der Waals surface area (Å²) in [6, 6.07) is 17.2. The van der Waals surface area contributed by atoms with Gasteiger partial charge < -0.3 is 8.92 Å². The van der Waals surface area contributed by atoms with E-state index in [2.05, 4.69) is 22.6 Å². The average molecular weight is 761 g/mol. The lowest BCUT2D eigenvalue weighted by molar-refractivity contribution is -0.123. The molecule has 0 spiro atoms. The number of amides is 2. The fourth-order valence-electron chi connectivity index (χ4n) is 3.44. The minimum Gasteiger partial charge on any atom is -0.490 e. The standard InChI is InChI=1S/C26H21I2NO6S2/c1-3-34-22-13-18(12-21(28)24(22)35-37(32,33)20-10-4-16(2)5-11-20)14-23-25(30)29(26(31)36-23)15-17-6-8-19(27)9-7-17/h4-14H,3,15H2,1-2H3/b23-14-. The molecule has 0 radical (unpaired) electrons. The number of carbonyl (C=O) groups excluding carboxylic acids is 2. The van der Waals surface area contributed by atoms with Crippen LogP contribution in [-0.2, 0) is 21.5 Å². The highest BCUT2D eigenvalue weighted by molar-refractivity contribution is 14.1. The zero-order valence-electron chi connectivity index (χ0n) is 19.7. The number of nitrogens with zero attached hydrogens (tertiary/aromatic N) is 1. The third kappa shape index (κ3) is 6.67. The molecular weight excluding hydrogens is 740 g/mol. The van der Waals surface area contributed by atoms with Crippen LogP contribution in [0.3, 0.4) is 0 Å². The van der Waals surface area contributed by atoms with E-state index in [9.17, 15) is 18.0 Å². The predicted octanol–water partition coefficient (Wildman–Crippen LogP) is 6.61. The van der Waals surface area contributed by atoms with Crippen molar-refractivity contribution in [3.05, 3.63) is 89.4 Å². The number of hydrogen-bond donors (Lipinski definition) is 0. The molecule has 1 fully saturated rings. The van der Waals surface area contributed by atoms with Crippen molar-refractivity contribution in [3.63, 3.8) is 0 Å². The highest BCUT2D eigenvalue weighted by Gasteiger charge is 2.35. The molecule has 0 atom stereocenters. The maximum atomic E-state index is 13.0. The van der Waals surface area contributed by atoms with Crippen LogP contribution >= 0.6 is 56.9 Å². The first-order chi connectivity index (χ1) is 17.6. The van der Waals surface area contributed by atoms with Crippen LogP contribution in [0.25, 0.3) is 6.08 Å². The fraction of sp³-hybridized carbons (Fsp3) is 0.154. The summed E-state index contributed by atoms with van der Waals surface area (Å²) in [4.78, 5) is 27.1. The van der Waals surface area contributed by atoms with Crippen molar-refractivity contribution in [1.82, 2.24) is 4.90 Å². The van der Waals surface area contributed by atoms with E-state index in [0.29, 0.717) is 9.13 Å². The molecule has 0 bridgehead atoms. The molecule has 3 aromatic rings. The van der Waals surface area contributed by atoms with Crippen LogP contribution < -0.4 is 8.92 Å².